The smallest absolute Gasteiger partial charge is 0.338 e. The zero-order chi connectivity index (χ0) is 15.9. The van der Waals surface area contributed by atoms with E-state index in [1.165, 1.54) is 0 Å². The average molecular weight is 287 g/mol. The lowest BCUT2D eigenvalue weighted by Gasteiger charge is -2.16. The number of rotatable bonds is 5. The Kier molecular flexibility index (Phi) is 6.00. The highest BCUT2D eigenvalue weighted by atomic mass is 16.5. The molecule has 0 bridgehead atoms. The second-order valence-corrected chi connectivity index (χ2v) is 5.72. The summed E-state index contributed by atoms with van der Waals surface area (Å²) >= 11 is 0. The Balaban J connectivity index is 3.07. The third-order valence-electron chi connectivity index (χ3n) is 2.68. The highest BCUT2D eigenvalue weighted by molar-refractivity contribution is 5.89. The van der Waals surface area contributed by atoms with Crippen molar-refractivity contribution in [3.63, 3.8) is 0 Å². The molecule has 1 rings (SSSR count). The number of benzene rings is 1. The van der Waals surface area contributed by atoms with Crippen LogP contribution in [0.3, 0.4) is 0 Å². The van der Waals surface area contributed by atoms with Crippen molar-refractivity contribution in [2.24, 2.45) is 10.5 Å². The van der Waals surface area contributed by atoms with Gasteiger partial charge < -0.3 is 4.74 Å². The second kappa shape index (κ2) is 7.50. The maximum absolute atomic E-state index is 11.6. The van der Waals surface area contributed by atoms with E-state index < -0.39 is 0 Å². The van der Waals surface area contributed by atoms with Crippen molar-refractivity contribution in [1.82, 2.24) is 0 Å². The number of carbonyl (C=O) groups excluding carboxylic acids is 1. The zero-order valence-corrected chi connectivity index (χ0v) is 13.0. The number of hydrogen-bond donors (Lipinski definition) is 0. The number of carbonyl (C=O) groups is 1. The summed E-state index contributed by atoms with van der Waals surface area (Å²) in [6.45, 7) is 8.65. The van der Waals surface area contributed by atoms with Crippen molar-refractivity contribution in [2.75, 3.05) is 13.2 Å². The fourth-order valence-electron chi connectivity index (χ4n) is 1.89. The third kappa shape index (κ3) is 5.71. The van der Waals surface area contributed by atoms with Gasteiger partial charge in [0.05, 0.1) is 18.7 Å². The van der Waals surface area contributed by atoms with Crippen molar-refractivity contribution >= 4 is 11.5 Å². The molecule has 1 aromatic rings. The topological polar surface area (TPSA) is 75.1 Å². The van der Waals surface area contributed by atoms with Crippen molar-refractivity contribution in [3.05, 3.63) is 51.9 Å². The Labute approximate surface area is 125 Å². The van der Waals surface area contributed by atoms with Crippen LogP contribution in [0, 0.1) is 5.41 Å². The first-order valence-corrected chi connectivity index (χ1v) is 6.87. The summed E-state index contributed by atoms with van der Waals surface area (Å²) in [6.07, 6.45) is 2.07. The summed E-state index contributed by atoms with van der Waals surface area (Å²) in [6, 6.07) is 7.13. The van der Waals surface area contributed by atoms with Gasteiger partial charge in [-0.3, -0.25) is 0 Å². The maximum atomic E-state index is 11.6. The molecule has 0 spiro atoms. The Morgan fingerprint density at radius 2 is 1.86 bits per heavy atom. The molecule has 0 heterocycles. The van der Waals surface area contributed by atoms with Crippen molar-refractivity contribution in [3.8, 4) is 0 Å². The lowest BCUT2D eigenvalue weighted by molar-refractivity contribution is 0.0526. The second-order valence-electron chi connectivity index (χ2n) is 5.72. The average Bonchev–Trinajstić information content (AvgIpc) is 2.43. The van der Waals surface area contributed by atoms with E-state index in [2.05, 4.69) is 36.9 Å². The van der Waals surface area contributed by atoms with E-state index in [1.54, 1.807) is 19.1 Å². The summed E-state index contributed by atoms with van der Waals surface area (Å²) in [5.74, 6) is -0.333. The SMILES string of the molecule is CCOC(=O)c1ccc(/C(=C/C(C)(C)C)CN=[N+]=[N-])cc1. The van der Waals surface area contributed by atoms with Crippen LogP contribution in [-0.2, 0) is 4.74 Å². The van der Waals surface area contributed by atoms with Crippen LogP contribution in [0.2, 0.25) is 0 Å². The molecule has 0 atom stereocenters. The van der Waals surface area contributed by atoms with Crippen molar-refractivity contribution in [2.45, 2.75) is 27.7 Å². The monoisotopic (exact) mass is 287 g/mol. The summed E-state index contributed by atoms with van der Waals surface area (Å²) in [4.78, 5) is 14.4. The zero-order valence-electron chi connectivity index (χ0n) is 13.0. The van der Waals surface area contributed by atoms with Crippen LogP contribution in [-0.4, -0.2) is 19.1 Å². The molecule has 0 saturated heterocycles. The van der Waals surface area contributed by atoms with Crippen LogP contribution < -0.4 is 0 Å². The minimum Gasteiger partial charge on any atom is -0.462 e. The van der Waals surface area contributed by atoms with E-state index in [0.29, 0.717) is 12.2 Å². The number of esters is 1. The molecule has 0 radical (unpaired) electrons. The lowest BCUT2D eigenvalue weighted by atomic mass is 9.91. The highest BCUT2D eigenvalue weighted by Crippen LogP contribution is 2.24. The first kappa shape index (κ1) is 16.8. The van der Waals surface area contributed by atoms with Crippen molar-refractivity contribution in [1.29, 1.82) is 0 Å². The predicted octanol–water partition coefficient (Wildman–Crippen LogP) is 4.60. The van der Waals surface area contributed by atoms with Gasteiger partial charge >= 0.3 is 5.97 Å². The van der Waals surface area contributed by atoms with E-state index in [4.69, 9.17) is 10.3 Å². The Morgan fingerprint density at radius 3 is 2.33 bits per heavy atom. The van der Waals surface area contributed by atoms with Crippen LogP contribution in [0.25, 0.3) is 16.0 Å². The Hall–Kier alpha value is -2.26. The van der Waals surface area contributed by atoms with Gasteiger partial charge in [0.25, 0.3) is 0 Å². The Morgan fingerprint density at radius 1 is 1.29 bits per heavy atom. The molecule has 0 saturated carbocycles. The molecule has 112 valence electrons. The van der Waals surface area contributed by atoms with Crippen LogP contribution in [0.4, 0.5) is 0 Å². The molecular weight excluding hydrogens is 266 g/mol. The molecule has 0 aliphatic rings. The number of azide groups is 1. The molecule has 0 aromatic heterocycles. The van der Waals surface area contributed by atoms with Gasteiger partial charge in [-0.05, 0) is 41.1 Å². The van der Waals surface area contributed by atoms with Crippen LogP contribution in [0.15, 0.2) is 35.5 Å². The van der Waals surface area contributed by atoms with Gasteiger partial charge in [-0.2, -0.15) is 0 Å². The number of nitrogens with zero attached hydrogens (tertiary/aromatic N) is 3. The molecule has 5 nitrogen and oxygen atoms in total. The summed E-state index contributed by atoms with van der Waals surface area (Å²) in [5.41, 5.74) is 10.9. The fourth-order valence-corrected chi connectivity index (χ4v) is 1.89. The minimum absolute atomic E-state index is 0.0277. The third-order valence-corrected chi connectivity index (χ3v) is 2.68. The highest BCUT2D eigenvalue weighted by Gasteiger charge is 2.11. The number of ether oxygens (including phenoxy) is 1. The van der Waals surface area contributed by atoms with E-state index in [0.717, 1.165) is 11.1 Å². The molecule has 0 aliphatic heterocycles. The molecule has 21 heavy (non-hydrogen) atoms. The molecule has 1 aromatic carbocycles. The Bertz CT molecular complexity index is 562. The normalized spacial score (nSPS) is 11.7. The van der Waals surface area contributed by atoms with Gasteiger partial charge in [-0.1, -0.05) is 44.1 Å². The molecule has 0 aliphatic carbocycles. The van der Waals surface area contributed by atoms with E-state index in [1.807, 2.05) is 12.1 Å². The summed E-state index contributed by atoms with van der Waals surface area (Å²) in [5, 5.41) is 3.64. The largest absolute Gasteiger partial charge is 0.462 e. The first-order chi connectivity index (χ1) is 9.87. The van der Waals surface area contributed by atoms with Gasteiger partial charge in [-0.25, -0.2) is 4.79 Å². The maximum Gasteiger partial charge on any atom is 0.338 e. The standard InChI is InChI=1S/C16H21N3O2/c1-5-21-15(20)13-8-6-12(7-9-13)14(11-18-19-17)10-16(2,3)4/h6-10H,5,11H2,1-4H3/b14-10+. The number of allylic oxidation sites excluding steroid dienone is 1. The number of hydrogen-bond acceptors (Lipinski definition) is 3. The molecular formula is C16H21N3O2. The van der Waals surface area contributed by atoms with E-state index in [9.17, 15) is 4.79 Å². The van der Waals surface area contributed by atoms with Crippen LogP contribution >= 0.6 is 0 Å². The van der Waals surface area contributed by atoms with Crippen molar-refractivity contribution < 1.29 is 9.53 Å². The molecule has 0 fully saturated rings. The molecule has 5 heteroatoms. The predicted molar refractivity (Wildman–Crippen MR) is 83.8 cm³/mol. The minimum atomic E-state index is -0.333. The van der Waals surface area contributed by atoms with Crippen LogP contribution in [0.1, 0.15) is 43.6 Å². The molecule has 0 unspecified atom stereocenters. The van der Waals surface area contributed by atoms with Gasteiger partial charge in [-0.15, -0.1) is 0 Å². The summed E-state index contributed by atoms with van der Waals surface area (Å²) in [7, 11) is 0. The summed E-state index contributed by atoms with van der Waals surface area (Å²) < 4.78 is 4.95. The van der Waals surface area contributed by atoms with Gasteiger partial charge in [0.2, 0.25) is 0 Å². The fraction of sp³-hybridized carbons (Fsp3) is 0.438. The van der Waals surface area contributed by atoms with Gasteiger partial charge in [0, 0.05) is 4.91 Å². The van der Waals surface area contributed by atoms with E-state index >= 15 is 0 Å². The van der Waals surface area contributed by atoms with E-state index in [-0.39, 0.29) is 17.9 Å². The van der Waals surface area contributed by atoms with Gasteiger partial charge in [0.15, 0.2) is 0 Å². The van der Waals surface area contributed by atoms with Gasteiger partial charge in [0.1, 0.15) is 0 Å². The van der Waals surface area contributed by atoms with Crippen LogP contribution in [0.5, 0.6) is 0 Å². The molecule has 0 amide bonds. The first-order valence-electron chi connectivity index (χ1n) is 6.87. The molecule has 0 N–H and O–H groups in total. The lowest BCUT2D eigenvalue weighted by Crippen LogP contribution is -2.05. The quantitative estimate of drug-likeness (QED) is 0.343.